The van der Waals surface area contributed by atoms with Crippen molar-refractivity contribution in [1.82, 2.24) is 5.32 Å². The van der Waals surface area contributed by atoms with E-state index in [0.717, 1.165) is 12.8 Å². The third kappa shape index (κ3) is 3.89. The Morgan fingerprint density at radius 2 is 2.20 bits per heavy atom. The SMILES string of the molecule is COc1ccc(NC(=O)C2CC(F)(F)CN2)cc1N1CCCCC1=O. The fraction of sp³-hybridized carbons (Fsp3) is 0.529. The first kappa shape index (κ1) is 17.6. The molecule has 0 spiro atoms. The third-order valence-corrected chi connectivity index (χ3v) is 4.49. The number of ether oxygens (including phenoxy) is 1. The van der Waals surface area contributed by atoms with Crippen LogP contribution in [0.4, 0.5) is 20.2 Å². The predicted octanol–water partition coefficient (Wildman–Crippen LogP) is 2.15. The van der Waals surface area contributed by atoms with Crippen molar-refractivity contribution in [3.63, 3.8) is 0 Å². The summed E-state index contributed by atoms with van der Waals surface area (Å²) in [5.41, 5.74) is 1.02. The molecule has 2 amide bonds. The van der Waals surface area contributed by atoms with Gasteiger partial charge in [-0.2, -0.15) is 0 Å². The van der Waals surface area contributed by atoms with Crippen molar-refractivity contribution < 1.29 is 23.1 Å². The highest BCUT2D eigenvalue weighted by Gasteiger charge is 2.42. The largest absolute Gasteiger partial charge is 0.495 e. The molecule has 136 valence electrons. The Morgan fingerprint density at radius 3 is 2.84 bits per heavy atom. The molecule has 1 atom stereocenters. The van der Waals surface area contributed by atoms with Gasteiger partial charge in [0.15, 0.2) is 0 Å². The number of rotatable bonds is 4. The maximum Gasteiger partial charge on any atom is 0.262 e. The fourth-order valence-electron chi connectivity index (χ4n) is 3.17. The monoisotopic (exact) mass is 353 g/mol. The molecule has 2 fully saturated rings. The first-order valence-electron chi connectivity index (χ1n) is 8.30. The average Bonchev–Trinajstić information content (AvgIpc) is 2.95. The number of nitrogens with one attached hydrogen (secondary N) is 2. The molecule has 1 aromatic carbocycles. The summed E-state index contributed by atoms with van der Waals surface area (Å²) in [4.78, 5) is 26.0. The lowest BCUT2D eigenvalue weighted by Crippen LogP contribution is -2.36. The van der Waals surface area contributed by atoms with Crippen LogP contribution >= 0.6 is 0 Å². The second kappa shape index (κ2) is 6.95. The van der Waals surface area contributed by atoms with Crippen molar-refractivity contribution in [2.24, 2.45) is 0 Å². The van der Waals surface area contributed by atoms with Gasteiger partial charge in [0.05, 0.1) is 25.4 Å². The summed E-state index contributed by atoms with van der Waals surface area (Å²) >= 11 is 0. The van der Waals surface area contributed by atoms with E-state index in [4.69, 9.17) is 4.74 Å². The Bertz CT molecular complexity index is 681. The second-order valence-electron chi connectivity index (χ2n) is 6.37. The van der Waals surface area contributed by atoms with Gasteiger partial charge in [0.25, 0.3) is 5.92 Å². The topological polar surface area (TPSA) is 70.7 Å². The summed E-state index contributed by atoms with van der Waals surface area (Å²) in [6.45, 7) is 0.0875. The molecule has 2 aliphatic rings. The number of carbonyl (C=O) groups excluding carboxylic acids is 2. The number of hydrogen-bond acceptors (Lipinski definition) is 4. The molecule has 25 heavy (non-hydrogen) atoms. The van der Waals surface area contributed by atoms with Gasteiger partial charge in [0, 0.05) is 25.1 Å². The van der Waals surface area contributed by atoms with E-state index >= 15 is 0 Å². The van der Waals surface area contributed by atoms with Crippen LogP contribution in [0.2, 0.25) is 0 Å². The molecule has 8 heteroatoms. The molecule has 2 aliphatic heterocycles. The van der Waals surface area contributed by atoms with Gasteiger partial charge < -0.3 is 15.0 Å². The van der Waals surface area contributed by atoms with Crippen LogP contribution in [0.1, 0.15) is 25.7 Å². The van der Waals surface area contributed by atoms with Gasteiger partial charge >= 0.3 is 0 Å². The first-order chi connectivity index (χ1) is 11.9. The minimum atomic E-state index is -2.87. The Kier molecular flexibility index (Phi) is 4.89. The third-order valence-electron chi connectivity index (χ3n) is 4.49. The van der Waals surface area contributed by atoms with E-state index < -0.39 is 30.8 Å². The molecule has 1 unspecified atom stereocenters. The van der Waals surface area contributed by atoms with Crippen molar-refractivity contribution in [2.75, 3.05) is 30.4 Å². The minimum absolute atomic E-state index is 0.00475. The smallest absolute Gasteiger partial charge is 0.262 e. The zero-order valence-corrected chi connectivity index (χ0v) is 14.0. The molecule has 0 aromatic heterocycles. The molecular weight excluding hydrogens is 332 g/mol. The highest BCUT2D eigenvalue weighted by molar-refractivity contribution is 5.99. The van der Waals surface area contributed by atoms with Gasteiger partial charge in [-0.1, -0.05) is 0 Å². The van der Waals surface area contributed by atoms with Crippen LogP contribution in [0.25, 0.3) is 0 Å². The van der Waals surface area contributed by atoms with Crippen molar-refractivity contribution in [2.45, 2.75) is 37.6 Å². The number of hydrogen-bond donors (Lipinski definition) is 2. The van der Waals surface area contributed by atoms with Crippen LogP contribution in [-0.4, -0.2) is 44.0 Å². The number of methoxy groups -OCH3 is 1. The van der Waals surface area contributed by atoms with Gasteiger partial charge in [-0.3, -0.25) is 14.9 Å². The maximum absolute atomic E-state index is 13.2. The van der Waals surface area contributed by atoms with Gasteiger partial charge in [0.2, 0.25) is 11.8 Å². The van der Waals surface area contributed by atoms with Crippen LogP contribution in [0.15, 0.2) is 18.2 Å². The lowest BCUT2D eigenvalue weighted by atomic mass is 10.1. The Morgan fingerprint density at radius 1 is 1.40 bits per heavy atom. The van der Waals surface area contributed by atoms with Gasteiger partial charge in [0.1, 0.15) is 5.75 Å². The zero-order valence-electron chi connectivity index (χ0n) is 14.0. The Hall–Kier alpha value is -2.22. The number of halogens is 2. The van der Waals surface area contributed by atoms with E-state index in [9.17, 15) is 18.4 Å². The Labute approximate surface area is 144 Å². The Balaban J connectivity index is 1.77. The van der Waals surface area contributed by atoms with Crippen molar-refractivity contribution in [1.29, 1.82) is 0 Å². The van der Waals surface area contributed by atoms with Crippen LogP contribution in [0, 0.1) is 0 Å². The van der Waals surface area contributed by atoms with Crippen molar-refractivity contribution >= 4 is 23.2 Å². The molecule has 2 heterocycles. The summed E-state index contributed by atoms with van der Waals surface area (Å²) in [5.74, 6) is -2.85. The molecule has 0 bridgehead atoms. The lowest BCUT2D eigenvalue weighted by Gasteiger charge is -2.28. The summed E-state index contributed by atoms with van der Waals surface area (Å²) in [7, 11) is 1.51. The average molecular weight is 353 g/mol. The van der Waals surface area contributed by atoms with Gasteiger partial charge in [-0.25, -0.2) is 8.78 Å². The lowest BCUT2D eigenvalue weighted by molar-refractivity contribution is -0.119. The number of anilines is 2. The molecule has 0 radical (unpaired) electrons. The number of amides is 2. The molecule has 3 rings (SSSR count). The molecule has 2 saturated heterocycles. The number of alkyl halides is 2. The highest BCUT2D eigenvalue weighted by Crippen LogP contribution is 2.34. The first-order valence-corrected chi connectivity index (χ1v) is 8.30. The van der Waals surface area contributed by atoms with Gasteiger partial charge in [-0.05, 0) is 31.0 Å². The number of piperidine rings is 1. The summed E-state index contributed by atoms with van der Waals surface area (Å²) in [6.07, 6.45) is 1.70. The van der Waals surface area contributed by atoms with Crippen LogP contribution in [0.5, 0.6) is 5.75 Å². The summed E-state index contributed by atoms with van der Waals surface area (Å²) < 4.78 is 31.8. The van der Waals surface area contributed by atoms with E-state index in [1.807, 2.05) is 0 Å². The van der Waals surface area contributed by atoms with Crippen molar-refractivity contribution in [3.05, 3.63) is 18.2 Å². The van der Waals surface area contributed by atoms with E-state index in [2.05, 4.69) is 10.6 Å². The number of carbonyl (C=O) groups is 2. The second-order valence-corrected chi connectivity index (χ2v) is 6.37. The predicted molar refractivity (Wildman–Crippen MR) is 89.2 cm³/mol. The zero-order chi connectivity index (χ0) is 18.0. The molecule has 1 aromatic rings. The van der Waals surface area contributed by atoms with Crippen molar-refractivity contribution in [3.8, 4) is 5.75 Å². The molecule has 0 saturated carbocycles. The minimum Gasteiger partial charge on any atom is -0.495 e. The van der Waals surface area contributed by atoms with Crippen LogP contribution < -0.4 is 20.3 Å². The van der Waals surface area contributed by atoms with Crippen LogP contribution in [0.3, 0.4) is 0 Å². The van der Waals surface area contributed by atoms with E-state index in [1.165, 1.54) is 7.11 Å². The van der Waals surface area contributed by atoms with Crippen LogP contribution in [-0.2, 0) is 9.59 Å². The number of benzene rings is 1. The fourth-order valence-corrected chi connectivity index (χ4v) is 3.17. The quantitative estimate of drug-likeness (QED) is 0.870. The summed E-state index contributed by atoms with van der Waals surface area (Å²) in [6, 6.07) is 4.00. The number of nitrogens with zero attached hydrogens (tertiary/aromatic N) is 1. The van der Waals surface area contributed by atoms with E-state index in [-0.39, 0.29) is 5.91 Å². The normalized spacial score (nSPS) is 22.8. The molecule has 6 nitrogen and oxygen atoms in total. The molecular formula is C17H21F2N3O3. The summed E-state index contributed by atoms with van der Waals surface area (Å²) in [5, 5.41) is 5.16. The molecule has 2 N–H and O–H groups in total. The van der Waals surface area contributed by atoms with E-state index in [0.29, 0.717) is 30.1 Å². The van der Waals surface area contributed by atoms with E-state index in [1.54, 1.807) is 23.1 Å². The molecule has 0 aliphatic carbocycles. The highest BCUT2D eigenvalue weighted by atomic mass is 19.3. The van der Waals surface area contributed by atoms with Gasteiger partial charge in [-0.15, -0.1) is 0 Å². The standard InChI is InChI=1S/C17H21F2N3O3/c1-25-14-6-5-11(8-13(14)22-7-3-2-4-15(22)23)21-16(24)12-9-17(18,19)10-20-12/h5-6,8,12,20H,2-4,7,9-10H2,1H3,(H,21,24). The maximum atomic E-state index is 13.2.